The van der Waals surface area contributed by atoms with Crippen molar-refractivity contribution in [3.05, 3.63) is 0 Å². The lowest BCUT2D eigenvalue weighted by Crippen LogP contribution is -1.92. The Kier molecular flexibility index (Phi) is 1.89. The Morgan fingerprint density at radius 3 is 3.00 bits per heavy atom. The molecule has 1 aliphatic carbocycles. The Morgan fingerprint density at radius 2 is 2.56 bits per heavy atom. The van der Waals surface area contributed by atoms with Gasteiger partial charge in [-0.15, -0.1) is 12.3 Å². The first-order valence-electron chi connectivity index (χ1n) is 3.28. The molecular weight excluding hydrogens is 112 g/mol. The minimum Gasteiger partial charge on any atom is -0.300 e. The lowest BCUT2D eigenvalue weighted by atomic mass is 10.1. The molecule has 0 aromatic carbocycles. The van der Waals surface area contributed by atoms with Crippen molar-refractivity contribution in [3.63, 3.8) is 0 Å². The highest BCUT2D eigenvalue weighted by atomic mass is 16.1. The first kappa shape index (κ1) is 6.35. The van der Waals surface area contributed by atoms with Crippen molar-refractivity contribution < 1.29 is 4.79 Å². The van der Waals surface area contributed by atoms with Crippen LogP contribution in [0.2, 0.25) is 0 Å². The molecule has 0 N–H and O–H groups in total. The number of terminal acetylenes is 1. The van der Waals surface area contributed by atoms with Crippen LogP contribution in [0.25, 0.3) is 0 Å². The standard InChI is InChI=1S/C8H10O/c1-2-3-7-4-5-8(9)6-7/h1,7H,3-6H2. The molecule has 0 saturated heterocycles. The second kappa shape index (κ2) is 2.68. The number of carbonyl (C=O) groups excluding carboxylic acids is 1. The molecule has 0 aromatic heterocycles. The molecule has 1 saturated carbocycles. The summed E-state index contributed by atoms with van der Waals surface area (Å²) >= 11 is 0. The van der Waals surface area contributed by atoms with Gasteiger partial charge in [0.05, 0.1) is 0 Å². The van der Waals surface area contributed by atoms with Crippen molar-refractivity contribution in [3.8, 4) is 12.3 Å². The zero-order valence-electron chi connectivity index (χ0n) is 5.39. The maximum Gasteiger partial charge on any atom is 0.133 e. The van der Waals surface area contributed by atoms with Crippen LogP contribution in [0.1, 0.15) is 25.7 Å². The van der Waals surface area contributed by atoms with E-state index in [1.54, 1.807) is 0 Å². The summed E-state index contributed by atoms with van der Waals surface area (Å²) in [5.41, 5.74) is 0. The van der Waals surface area contributed by atoms with Gasteiger partial charge in [0.25, 0.3) is 0 Å². The smallest absolute Gasteiger partial charge is 0.133 e. The summed E-state index contributed by atoms with van der Waals surface area (Å²) in [5.74, 6) is 3.46. The Balaban J connectivity index is 2.32. The molecule has 0 heterocycles. The van der Waals surface area contributed by atoms with Crippen LogP contribution in [0.15, 0.2) is 0 Å². The second-order valence-electron chi connectivity index (χ2n) is 2.56. The van der Waals surface area contributed by atoms with Crippen LogP contribution >= 0.6 is 0 Å². The van der Waals surface area contributed by atoms with Crippen LogP contribution in [-0.2, 0) is 4.79 Å². The third-order valence-corrected chi connectivity index (χ3v) is 1.75. The van der Waals surface area contributed by atoms with Crippen LogP contribution in [0.3, 0.4) is 0 Å². The molecule has 9 heavy (non-hydrogen) atoms. The maximum atomic E-state index is 10.7. The first-order chi connectivity index (χ1) is 4.33. The zero-order chi connectivity index (χ0) is 6.69. The van der Waals surface area contributed by atoms with Crippen molar-refractivity contribution >= 4 is 5.78 Å². The minimum absolute atomic E-state index is 0.384. The first-order valence-corrected chi connectivity index (χ1v) is 3.28. The average molecular weight is 122 g/mol. The highest BCUT2D eigenvalue weighted by Crippen LogP contribution is 2.23. The topological polar surface area (TPSA) is 17.1 Å². The summed E-state index contributed by atoms with van der Waals surface area (Å²) in [5, 5.41) is 0. The Bertz CT molecular complexity index is 152. The predicted octanol–water partition coefficient (Wildman–Crippen LogP) is 1.38. The van der Waals surface area contributed by atoms with Gasteiger partial charge in [0.15, 0.2) is 0 Å². The molecule has 1 heteroatoms. The van der Waals surface area contributed by atoms with Gasteiger partial charge in [-0.3, -0.25) is 4.79 Å². The van der Waals surface area contributed by atoms with Gasteiger partial charge in [-0.2, -0.15) is 0 Å². The van der Waals surface area contributed by atoms with E-state index in [9.17, 15) is 4.79 Å². The largest absolute Gasteiger partial charge is 0.300 e. The molecule has 1 unspecified atom stereocenters. The lowest BCUT2D eigenvalue weighted by Gasteiger charge is -1.98. The van der Waals surface area contributed by atoms with Gasteiger partial charge < -0.3 is 0 Å². The summed E-state index contributed by atoms with van der Waals surface area (Å²) in [6.07, 6.45) is 8.38. The minimum atomic E-state index is 0.384. The van der Waals surface area contributed by atoms with E-state index in [-0.39, 0.29) is 0 Å². The van der Waals surface area contributed by atoms with Crippen LogP contribution in [0.5, 0.6) is 0 Å². The van der Waals surface area contributed by atoms with Crippen molar-refractivity contribution in [1.29, 1.82) is 0 Å². The van der Waals surface area contributed by atoms with Crippen LogP contribution in [0.4, 0.5) is 0 Å². The second-order valence-corrected chi connectivity index (χ2v) is 2.56. The van der Waals surface area contributed by atoms with E-state index >= 15 is 0 Å². The van der Waals surface area contributed by atoms with E-state index in [1.165, 1.54) is 0 Å². The predicted molar refractivity (Wildman–Crippen MR) is 35.8 cm³/mol. The Labute approximate surface area is 55.4 Å². The Hall–Kier alpha value is -0.770. The van der Waals surface area contributed by atoms with Crippen LogP contribution in [0, 0.1) is 18.3 Å². The molecule has 0 aliphatic heterocycles. The van der Waals surface area contributed by atoms with Crippen molar-refractivity contribution in [2.45, 2.75) is 25.7 Å². The summed E-state index contributed by atoms with van der Waals surface area (Å²) < 4.78 is 0. The van der Waals surface area contributed by atoms with Crippen molar-refractivity contribution in [1.82, 2.24) is 0 Å². The number of hydrogen-bond donors (Lipinski definition) is 0. The van der Waals surface area contributed by atoms with Gasteiger partial charge in [-0.05, 0) is 12.3 Å². The SMILES string of the molecule is C#CCC1CCC(=O)C1. The molecule has 0 amide bonds. The highest BCUT2D eigenvalue weighted by molar-refractivity contribution is 5.80. The lowest BCUT2D eigenvalue weighted by molar-refractivity contribution is -0.117. The summed E-state index contributed by atoms with van der Waals surface area (Å²) in [7, 11) is 0. The third kappa shape index (κ3) is 1.57. The van der Waals surface area contributed by atoms with Crippen LogP contribution < -0.4 is 0 Å². The van der Waals surface area contributed by atoms with Gasteiger partial charge in [0.1, 0.15) is 5.78 Å². The molecule has 1 aliphatic rings. The normalized spacial score (nSPS) is 26.1. The molecule has 1 rings (SSSR count). The molecule has 0 radical (unpaired) electrons. The average Bonchev–Trinajstić information content (AvgIpc) is 2.17. The Morgan fingerprint density at radius 1 is 1.78 bits per heavy atom. The van der Waals surface area contributed by atoms with E-state index in [1.807, 2.05) is 0 Å². The zero-order valence-corrected chi connectivity index (χ0v) is 5.39. The van der Waals surface area contributed by atoms with E-state index in [0.29, 0.717) is 11.7 Å². The van der Waals surface area contributed by atoms with Gasteiger partial charge >= 0.3 is 0 Å². The maximum absolute atomic E-state index is 10.7. The van der Waals surface area contributed by atoms with Gasteiger partial charge in [-0.25, -0.2) is 0 Å². The molecule has 1 fully saturated rings. The van der Waals surface area contributed by atoms with E-state index in [4.69, 9.17) is 6.42 Å². The van der Waals surface area contributed by atoms with Gasteiger partial charge in [0, 0.05) is 19.3 Å². The van der Waals surface area contributed by atoms with E-state index < -0.39 is 0 Å². The van der Waals surface area contributed by atoms with Crippen molar-refractivity contribution in [2.75, 3.05) is 0 Å². The fourth-order valence-corrected chi connectivity index (χ4v) is 1.23. The number of hydrogen-bond acceptors (Lipinski definition) is 1. The highest BCUT2D eigenvalue weighted by Gasteiger charge is 2.20. The number of carbonyl (C=O) groups is 1. The fourth-order valence-electron chi connectivity index (χ4n) is 1.23. The van der Waals surface area contributed by atoms with Gasteiger partial charge in [-0.1, -0.05) is 0 Å². The fraction of sp³-hybridized carbons (Fsp3) is 0.625. The quantitative estimate of drug-likeness (QED) is 0.480. The number of rotatable bonds is 1. The molecule has 0 spiro atoms. The third-order valence-electron chi connectivity index (χ3n) is 1.75. The molecule has 0 aromatic rings. The molecule has 1 nitrogen and oxygen atoms in total. The van der Waals surface area contributed by atoms with E-state index in [0.717, 1.165) is 25.7 Å². The molecule has 1 atom stereocenters. The molecular formula is C8H10O. The number of ketones is 1. The summed E-state index contributed by atoms with van der Waals surface area (Å²) in [6, 6.07) is 0. The van der Waals surface area contributed by atoms with Crippen molar-refractivity contribution in [2.24, 2.45) is 5.92 Å². The van der Waals surface area contributed by atoms with Crippen LogP contribution in [-0.4, -0.2) is 5.78 Å². The van der Waals surface area contributed by atoms with E-state index in [2.05, 4.69) is 5.92 Å². The summed E-state index contributed by atoms with van der Waals surface area (Å²) in [6.45, 7) is 0. The molecule has 48 valence electrons. The number of Topliss-reactive ketones (excluding diaryl/α,β-unsaturated/α-hetero) is 1. The monoisotopic (exact) mass is 122 g/mol. The van der Waals surface area contributed by atoms with Gasteiger partial charge in [0.2, 0.25) is 0 Å². The summed E-state index contributed by atoms with van der Waals surface area (Å²) in [4.78, 5) is 10.7. The molecule has 0 bridgehead atoms.